The molecule has 4 heteroatoms. The Morgan fingerprint density at radius 3 is 2.33 bits per heavy atom. The van der Waals surface area contributed by atoms with Crippen LogP contribution >= 0.6 is 0 Å². The predicted molar refractivity (Wildman–Crippen MR) is 93.7 cm³/mol. The second-order valence-corrected chi connectivity index (χ2v) is 5.34. The third kappa shape index (κ3) is 3.82. The van der Waals surface area contributed by atoms with Crippen LogP contribution in [0.15, 0.2) is 43.0 Å². The molecule has 0 aliphatic heterocycles. The lowest BCUT2D eigenvalue weighted by Gasteiger charge is -2.17. The molecular formula is C20H21FO3. The SMILES string of the molecule is C=C(C)c1cc(C(=O)OCC)cc(OCC)c1-c1ccc(F)cc1. The van der Waals surface area contributed by atoms with Crippen molar-refractivity contribution in [2.75, 3.05) is 13.2 Å². The van der Waals surface area contributed by atoms with Gasteiger partial charge in [0.2, 0.25) is 0 Å². The fourth-order valence-corrected chi connectivity index (χ4v) is 2.47. The molecule has 0 atom stereocenters. The van der Waals surface area contributed by atoms with Crippen molar-refractivity contribution >= 4 is 11.5 Å². The van der Waals surface area contributed by atoms with Crippen molar-refractivity contribution in [1.82, 2.24) is 0 Å². The van der Waals surface area contributed by atoms with Crippen LogP contribution in [0.1, 0.15) is 36.7 Å². The average Bonchev–Trinajstić information content (AvgIpc) is 2.55. The van der Waals surface area contributed by atoms with Crippen molar-refractivity contribution in [2.24, 2.45) is 0 Å². The number of benzene rings is 2. The summed E-state index contributed by atoms with van der Waals surface area (Å²) in [5.74, 6) is -0.170. The van der Waals surface area contributed by atoms with Gasteiger partial charge in [-0.15, -0.1) is 0 Å². The molecule has 126 valence electrons. The quantitative estimate of drug-likeness (QED) is 0.692. The number of carbonyl (C=O) groups is 1. The molecule has 2 aromatic carbocycles. The van der Waals surface area contributed by atoms with E-state index in [0.29, 0.717) is 24.5 Å². The number of hydrogen-bond acceptors (Lipinski definition) is 3. The van der Waals surface area contributed by atoms with Crippen molar-refractivity contribution < 1.29 is 18.7 Å². The van der Waals surface area contributed by atoms with Crippen molar-refractivity contribution in [2.45, 2.75) is 20.8 Å². The van der Waals surface area contributed by atoms with Crippen LogP contribution in [0.4, 0.5) is 4.39 Å². The zero-order chi connectivity index (χ0) is 17.7. The minimum Gasteiger partial charge on any atom is -0.493 e. The van der Waals surface area contributed by atoms with E-state index in [-0.39, 0.29) is 5.82 Å². The van der Waals surface area contributed by atoms with Crippen LogP contribution in [0.2, 0.25) is 0 Å². The number of ether oxygens (including phenoxy) is 2. The van der Waals surface area contributed by atoms with Gasteiger partial charge >= 0.3 is 5.97 Å². The summed E-state index contributed by atoms with van der Waals surface area (Å²) in [5.41, 5.74) is 3.55. The lowest BCUT2D eigenvalue weighted by atomic mass is 9.92. The highest BCUT2D eigenvalue weighted by atomic mass is 19.1. The normalized spacial score (nSPS) is 10.3. The van der Waals surface area contributed by atoms with Crippen LogP contribution in [0, 0.1) is 5.82 Å². The molecule has 0 bridgehead atoms. The fourth-order valence-electron chi connectivity index (χ4n) is 2.47. The molecule has 24 heavy (non-hydrogen) atoms. The predicted octanol–water partition coefficient (Wildman–Crippen LogP) is 5.10. The molecule has 0 radical (unpaired) electrons. The standard InChI is InChI=1S/C20H21FO3/c1-5-23-18-12-15(20(22)24-6-2)11-17(13(3)4)19(18)14-7-9-16(21)10-8-14/h7-12H,3,5-6H2,1-2,4H3. The van der Waals surface area contributed by atoms with E-state index in [1.165, 1.54) is 12.1 Å². The first-order valence-corrected chi connectivity index (χ1v) is 7.87. The molecule has 0 unspecified atom stereocenters. The maximum atomic E-state index is 13.3. The lowest BCUT2D eigenvalue weighted by Crippen LogP contribution is -2.07. The van der Waals surface area contributed by atoms with E-state index in [9.17, 15) is 9.18 Å². The molecule has 0 aliphatic carbocycles. The molecule has 0 fully saturated rings. The van der Waals surface area contributed by atoms with E-state index < -0.39 is 5.97 Å². The second-order valence-electron chi connectivity index (χ2n) is 5.34. The first-order chi connectivity index (χ1) is 11.5. The van der Waals surface area contributed by atoms with Crippen LogP contribution in [-0.2, 0) is 4.74 Å². The Morgan fingerprint density at radius 1 is 1.12 bits per heavy atom. The van der Waals surface area contributed by atoms with Crippen LogP contribution in [0.25, 0.3) is 16.7 Å². The summed E-state index contributed by atoms with van der Waals surface area (Å²) in [7, 11) is 0. The van der Waals surface area contributed by atoms with E-state index in [4.69, 9.17) is 9.47 Å². The maximum Gasteiger partial charge on any atom is 0.338 e. The first kappa shape index (κ1) is 17.7. The zero-order valence-electron chi connectivity index (χ0n) is 14.2. The lowest BCUT2D eigenvalue weighted by molar-refractivity contribution is 0.0526. The van der Waals surface area contributed by atoms with E-state index in [1.54, 1.807) is 31.2 Å². The van der Waals surface area contributed by atoms with Crippen molar-refractivity contribution in [3.63, 3.8) is 0 Å². The third-order valence-electron chi connectivity index (χ3n) is 3.51. The number of carbonyl (C=O) groups excluding carboxylic acids is 1. The van der Waals surface area contributed by atoms with Gasteiger partial charge in [0.25, 0.3) is 0 Å². The Balaban J connectivity index is 2.68. The number of esters is 1. The number of allylic oxidation sites excluding steroid dienone is 1. The van der Waals surface area contributed by atoms with Gasteiger partial charge in [0, 0.05) is 5.56 Å². The average molecular weight is 328 g/mol. The largest absolute Gasteiger partial charge is 0.493 e. The Kier molecular flexibility index (Phi) is 5.74. The van der Waals surface area contributed by atoms with Crippen molar-refractivity contribution in [1.29, 1.82) is 0 Å². The highest BCUT2D eigenvalue weighted by Crippen LogP contribution is 2.38. The van der Waals surface area contributed by atoms with E-state index in [0.717, 1.165) is 22.3 Å². The molecule has 0 saturated carbocycles. The van der Waals surface area contributed by atoms with Crippen molar-refractivity contribution in [3.8, 4) is 16.9 Å². The molecule has 0 aromatic heterocycles. The molecule has 0 spiro atoms. The van der Waals surface area contributed by atoms with Gasteiger partial charge in [0.05, 0.1) is 18.8 Å². The van der Waals surface area contributed by atoms with Gasteiger partial charge in [-0.25, -0.2) is 9.18 Å². The fraction of sp³-hybridized carbons (Fsp3) is 0.250. The number of halogens is 1. The van der Waals surface area contributed by atoms with Crippen LogP contribution in [-0.4, -0.2) is 19.2 Å². The summed E-state index contributed by atoms with van der Waals surface area (Å²) in [6.45, 7) is 10.2. The van der Waals surface area contributed by atoms with Crippen LogP contribution in [0.3, 0.4) is 0 Å². The summed E-state index contributed by atoms with van der Waals surface area (Å²) < 4.78 is 24.1. The molecule has 0 saturated heterocycles. The minimum absolute atomic E-state index is 0.297. The number of rotatable bonds is 6. The third-order valence-corrected chi connectivity index (χ3v) is 3.51. The van der Waals surface area contributed by atoms with E-state index in [1.807, 2.05) is 13.8 Å². The molecule has 0 amide bonds. The Labute approximate surface area is 141 Å². The Hall–Kier alpha value is -2.62. The summed E-state index contributed by atoms with van der Waals surface area (Å²) in [6.07, 6.45) is 0. The molecule has 3 nitrogen and oxygen atoms in total. The van der Waals surface area contributed by atoms with Gasteiger partial charge < -0.3 is 9.47 Å². The van der Waals surface area contributed by atoms with Crippen LogP contribution < -0.4 is 4.74 Å². The molecular weight excluding hydrogens is 307 g/mol. The zero-order valence-corrected chi connectivity index (χ0v) is 14.2. The van der Waals surface area contributed by atoms with Gasteiger partial charge in [0.15, 0.2) is 0 Å². The molecule has 0 N–H and O–H groups in total. The summed E-state index contributed by atoms with van der Waals surface area (Å²) in [5, 5.41) is 0. The molecule has 0 heterocycles. The van der Waals surface area contributed by atoms with Gasteiger partial charge in [-0.3, -0.25) is 0 Å². The van der Waals surface area contributed by atoms with Gasteiger partial charge in [-0.05, 0) is 56.2 Å². The first-order valence-electron chi connectivity index (χ1n) is 7.87. The second kappa shape index (κ2) is 7.77. The highest BCUT2D eigenvalue weighted by Gasteiger charge is 2.18. The molecule has 0 aliphatic rings. The highest BCUT2D eigenvalue weighted by molar-refractivity contribution is 5.95. The van der Waals surface area contributed by atoms with Gasteiger partial charge in [-0.2, -0.15) is 0 Å². The number of hydrogen-bond donors (Lipinski definition) is 0. The minimum atomic E-state index is -0.411. The Bertz CT molecular complexity index is 748. The van der Waals surface area contributed by atoms with Crippen molar-refractivity contribution in [3.05, 3.63) is 59.9 Å². The van der Waals surface area contributed by atoms with Crippen LogP contribution in [0.5, 0.6) is 5.75 Å². The topological polar surface area (TPSA) is 35.5 Å². The van der Waals surface area contributed by atoms with Gasteiger partial charge in [0.1, 0.15) is 11.6 Å². The summed E-state index contributed by atoms with van der Waals surface area (Å²) >= 11 is 0. The summed E-state index contributed by atoms with van der Waals surface area (Å²) in [4.78, 5) is 12.1. The van der Waals surface area contributed by atoms with Gasteiger partial charge in [-0.1, -0.05) is 24.3 Å². The smallest absolute Gasteiger partial charge is 0.338 e. The molecule has 2 aromatic rings. The monoisotopic (exact) mass is 328 g/mol. The maximum absolute atomic E-state index is 13.3. The summed E-state index contributed by atoms with van der Waals surface area (Å²) in [6, 6.07) is 9.56. The van der Waals surface area contributed by atoms with E-state index in [2.05, 4.69) is 6.58 Å². The van der Waals surface area contributed by atoms with E-state index >= 15 is 0 Å². The Morgan fingerprint density at radius 2 is 1.79 bits per heavy atom. The molecule has 2 rings (SSSR count).